The molecule has 0 bridgehead atoms. The number of anilines is 3. The van der Waals surface area contributed by atoms with Crippen molar-refractivity contribution in [3.8, 4) is 0 Å². The van der Waals surface area contributed by atoms with Crippen LogP contribution in [0.1, 0.15) is 45.4 Å². The van der Waals surface area contributed by atoms with Crippen molar-refractivity contribution in [1.29, 1.82) is 0 Å². The zero-order chi connectivity index (χ0) is 17.1. The quantitative estimate of drug-likeness (QED) is 0.913. The Morgan fingerprint density at radius 1 is 1.17 bits per heavy atom. The number of nitrogens with zero attached hydrogens (tertiary/aromatic N) is 5. The van der Waals surface area contributed by atoms with Gasteiger partial charge in [-0.15, -0.1) is 0 Å². The smallest absolute Gasteiger partial charge is 0.157 e. The second-order valence-electron chi connectivity index (χ2n) is 7.33. The summed E-state index contributed by atoms with van der Waals surface area (Å²) >= 11 is 0. The van der Waals surface area contributed by atoms with E-state index in [-0.39, 0.29) is 0 Å². The predicted molar refractivity (Wildman–Crippen MR) is 101 cm³/mol. The summed E-state index contributed by atoms with van der Waals surface area (Å²) in [5.74, 6) is 1.83. The van der Waals surface area contributed by atoms with Crippen LogP contribution in [-0.4, -0.2) is 60.7 Å². The lowest BCUT2D eigenvalue weighted by Gasteiger charge is -2.39. The van der Waals surface area contributed by atoms with Crippen LogP contribution in [0.2, 0.25) is 0 Å². The molecule has 2 aliphatic heterocycles. The summed E-state index contributed by atoms with van der Waals surface area (Å²) < 4.78 is 0. The van der Waals surface area contributed by atoms with Crippen LogP contribution < -0.4 is 15.5 Å². The molecule has 0 aliphatic carbocycles. The second kappa shape index (κ2) is 7.55. The Labute approximate surface area is 146 Å². The first-order valence-corrected chi connectivity index (χ1v) is 9.40. The van der Waals surface area contributed by atoms with Crippen molar-refractivity contribution in [2.75, 3.05) is 49.3 Å². The molecule has 0 aromatic carbocycles. The molecule has 2 saturated heterocycles. The summed E-state index contributed by atoms with van der Waals surface area (Å²) in [6, 6.07) is 1.06. The molecule has 0 saturated carbocycles. The molecule has 2 fully saturated rings. The number of hydrogen-bond acceptors (Lipinski definition) is 6. The van der Waals surface area contributed by atoms with E-state index >= 15 is 0 Å². The van der Waals surface area contributed by atoms with Gasteiger partial charge < -0.3 is 20.4 Å². The van der Waals surface area contributed by atoms with Crippen LogP contribution in [0.3, 0.4) is 0 Å². The number of aromatic nitrogens is 2. The van der Waals surface area contributed by atoms with Crippen LogP contribution in [0.4, 0.5) is 17.3 Å². The molecule has 0 amide bonds. The number of piperidine rings is 2. The zero-order valence-electron chi connectivity index (χ0n) is 15.4. The lowest BCUT2D eigenvalue weighted by Crippen LogP contribution is -2.43. The van der Waals surface area contributed by atoms with Gasteiger partial charge in [0, 0.05) is 25.7 Å². The largest absolute Gasteiger partial charge is 0.393 e. The first-order valence-electron chi connectivity index (χ1n) is 9.40. The Balaban J connectivity index is 1.82. The van der Waals surface area contributed by atoms with Gasteiger partial charge in [0.05, 0.1) is 0 Å². The highest BCUT2D eigenvalue weighted by atomic mass is 15.3. The third-order valence-electron chi connectivity index (χ3n) is 5.78. The van der Waals surface area contributed by atoms with E-state index in [2.05, 4.69) is 45.7 Å². The van der Waals surface area contributed by atoms with Gasteiger partial charge in [-0.1, -0.05) is 6.92 Å². The lowest BCUT2D eigenvalue weighted by molar-refractivity contribution is 0.252. The topological polar surface area (TPSA) is 61.5 Å². The Morgan fingerprint density at radius 3 is 2.62 bits per heavy atom. The summed E-state index contributed by atoms with van der Waals surface area (Å²) in [6.45, 7) is 5.58. The number of nitrogens with two attached hydrogens (primary N) is 1. The van der Waals surface area contributed by atoms with E-state index in [0.29, 0.717) is 12.1 Å². The van der Waals surface area contributed by atoms with Crippen LogP contribution in [0.15, 0.2) is 6.33 Å². The third kappa shape index (κ3) is 3.43. The minimum absolute atomic E-state index is 0.509. The summed E-state index contributed by atoms with van der Waals surface area (Å²) in [7, 11) is 4.32. The molecule has 6 heteroatoms. The fourth-order valence-corrected chi connectivity index (χ4v) is 4.15. The van der Waals surface area contributed by atoms with Crippen molar-refractivity contribution in [3.05, 3.63) is 6.33 Å². The Kier molecular flexibility index (Phi) is 5.43. The van der Waals surface area contributed by atoms with Gasteiger partial charge in [0.1, 0.15) is 12.0 Å². The summed E-state index contributed by atoms with van der Waals surface area (Å²) in [4.78, 5) is 16.2. The van der Waals surface area contributed by atoms with E-state index < -0.39 is 0 Å². The van der Waals surface area contributed by atoms with Crippen LogP contribution in [-0.2, 0) is 0 Å². The fraction of sp³-hybridized carbons (Fsp3) is 0.778. The van der Waals surface area contributed by atoms with Crippen LogP contribution >= 0.6 is 0 Å². The van der Waals surface area contributed by atoms with E-state index in [1.165, 1.54) is 19.3 Å². The highest BCUT2D eigenvalue weighted by Crippen LogP contribution is 2.34. The van der Waals surface area contributed by atoms with Crippen LogP contribution in [0.5, 0.6) is 0 Å². The standard InChI is InChI=1S/C18H32N6/c1-4-14-7-5-6-10-24(14)18-16(19)17(20-13-21-18)23(3)15-8-11-22(2)12-9-15/h13-15H,4-12,19H2,1-3H3. The van der Waals surface area contributed by atoms with E-state index in [4.69, 9.17) is 5.73 Å². The minimum atomic E-state index is 0.509. The number of nitrogen functional groups attached to an aromatic ring is 1. The zero-order valence-corrected chi connectivity index (χ0v) is 15.4. The predicted octanol–water partition coefficient (Wildman–Crippen LogP) is 2.36. The summed E-state index contributed by atoms with van der Waals surface area (Å²) in [6.07, 6.45) is 8.92. The lowest BCUT2D eigenvalue weighted by atomic mass is 10.00. The average molecular weight is 332 g/mol. The molecule has 0 spiro atoms. The first kappa shape index (κ1) is 17.3. The van der Waals surface area contributed by atoms with Gasteiger partial charge in [-0.05, 0) is 58.7 Å². The minimum Gasteiger partial charge on any atom is -0.393 e. The Bertz CT molecular complexity index is 540. The molecular formula is C18H32N6. The summed E-state index contributed by atoms with van der Waals surface area (Å²) in [5.41, 5.74) is 7.30. The van der Waals surface area contributed by atoms with Crippen molar-refractivity contribution < 1.29 is 0 Å². The number of hydrogen-bond donors (Lipinski definition) is 1. The molecule has 1 aromatic rings. The van der Waals surface area contributed by atoms with Crippen molar-refractivity contribution in [2.45, 2.75) is 57.5 Å². The molecule has 1 aromatic heterocycles. The molecule has 1 atom stereocenters. The maximum absolute atomic E-state index is 6.55. The fourth-order valence-electron chi connectivity index (χ4n) is 4.15. The number of likely N-dealkylation sites (tertiary alicyclic amines) is 1. The first-order chi connectivity index (χ1) is 11.6. The van der Waals surface area contributed by atoms with E-state index in [9.17, 15) is 0 Å². The average Bonchev–Trinajstić information content (AvgIpc) is 2.62. The van der Waals surface area contributed by atoms with Gasteiger partial charge in [0.2, 0.25) is 0 Å². The normalized spacial score (nSPS) is 23.5. The van der Waals surface area contributed by atoms with Gasteiger partial charge >= 0.3 is 0 Å². The molecular weight excluding hydrogens is 300 g/mol. The molecule has 134 valence electrons. The molecule has 24 heavy (non-hydrogen) atoms. The molecule has 2 aliphatic rings. The Hall–Kier alpha value is -1.56. The third-order valence-corrected chi connectivity index (χ3v) is 5.78. The van der Waals surface area contributed by atoms with E-state index in [1.54, 1.807) is 6.33 Å². The van der Waals surface area contributed by atoms with E-state index in [0.717, 1.165) is 56.2 Å². The van der Waals surface area contributed by atoms with Gasteiger partial charge in [0.25, 0.3) is 0 Å². The van der Waals surface area contributed by atoms with Crippen molar-refractivity contribution >= 4 is 17.3 Å². The van der Waals surface area contributed by atoms with Crippen molar-refractivity contribution in [2.24, 2.45) is 0 Å². The highest BCUT2D eigenvalue weighted by molar-refractivity contribution is 5.76. The summed E-state index contributed by atoms with van der Waals surface area (Å²) in [5, 5.41) is 0. The van der Waals surface area contributed by atoms with Crippen LogP contribution in [0, 0.1) is 0 Å². The molecule has 2 N–H and O–H groups in total. The Morgan fingerprint density at radius 2 is 1.92 bits per heavy atom. The molecule has 3 heterocycles. The monoisotopic (exact) mass is 332 g/mol. The molecule has 1 unspecified atom stereocenters. The highest BCUT2D eigenvalue weighted by Gasteiger charge is 2.28. The van der Waals surface area contributed by atoms with Crippen molar-refractivity contribution in [3.63, 3.8) is 0 Å². The maximum atomic E-state index is 6.55. The van der Waals surface area contributed by atoms with Gasteiger partial charge in [0.15, 0.2) is 11.6 Å². The molecule has 0 radical (unpaired) electrons. The van der Waals surface area contributed by atoms with Crippen molar-refractivity contribution in [1.82, 2.24) is 14.9 Å². The SMILES string of the molecule is CCC1CCCCN1c1ncnc(N(C)C2CCN(C)CC2)c1N. The maximum Gasteiger partial charge on any atom is 0.157 e. The van der Waals surface area contributed by atoms with Gasteiger partial charge in [-0.25, -0.2) is 9.97 Å². The molecule has 6 nitrogen and oxygen atoms in total. The van der Waals surface area contributed by atoms with Gasteiger partial charge in [-0.3, -0.25) is 0 Å². The second-order valence-corrected chi connectivity index (χ2v) is 7.33. The molecule has 3 rings (SSSR count). The number of rotatable bonds is 4. The van der Waals surface area contributed by atoms with E-state index in [1.807, 2.05) is 0 Å². The van der Waals surface area contributed by atoms with Gasteiger partial charge in [-0.2, -0.15) is 0 Å². The van der Waals surface area contributed by atoms with Crippen LogP contribution in [0.25, 0.3) is 0 Å².